The van der Waals surface area contributed by atoms with E-state index in [1.165, 1.54) is 0 Å². The summed E-state index contributed by atoms with van der Waals surface area (Å²) in [6, 6.07) is 0.576. The summed E-state index contributed by atoms with van der Waals surface area (Å²) < 4.78 is 7.53. The van der Waals surface area contributed by atoms with Gasteiger partial charge >= 0.3 is 0 Å². The molecule has 4 nitrogen and oxygen atoms in total. The standard InChI is InChI=1S/C10H17N3O/c1-8(11)10-6-12-7-13(10)9-2-4-14-5-3-9/h6-9H,2-5,11H2,1H3/t8-/m1/s1. The van der Waals surface area contributed by atoms with Gasteiger partial charge in [-0.25, -0.2) is 4.98 Å². The molecule has 14 heavy (non-hydrogen) atoms. The molecular formula is C10H17N3O. The minimum atomic E-state index is 0.0559. The summed E-state index contributed by atoms with van der Waals surface area (Å²) >= 11 is 0. The fourth-order valence-corrected chi connectivity index (χ4v) is 1.94. The number of nitrogens with zero attached hydrogens (tertiary/aromatic N) is 2. The Morgan fingerprint density at radius 2 is 2.29 bits per heavy atom. The summed E-state index contributed by atoms with van der Waals surface area (Å²) in [6.45, 7) is 3.69. The van der Waals surface area contributed by atoms with Crippen molar-refractivity contribution in [3.8, 4) is 0 Å². The fourth-order valence-electron chi connectivity index (χ4n) is 1.94. The topological polar surface area (TPSA) is 53.1 Å². The summed E-state index contributed by atoms with van der Waals surface area (Å²) in [7, 11) is 0. The van der Waals surface area contributed by atoms with Crippen molar-refractivity contribution >= 4 is 0 Å². The van der Waals surface area contributed by atoms with E-state index in [-0.39, 0.29) is 6.04 Å². The van der Waals surface area contributed by atoms with E-state index in [2.05, 4.69) is 9.55 Å². The van der Waals surface area contributed by atoms with Gasteiger partial charge in [-0.1, -0.05) is 0 Å². The Labute approximate surface area is 84.1 Å². The van der Waals surface area contributed by atoms with Crippen molar-refractivity contribution in [3.05, 3.63) is 18.2 Å². The zero-order chi connectivity index (χ0) is 9.97. The molecule has 1 fully saturated rings. The largest absolute Gasteiger partial charge is 0.381 e. The molecule has 1 atom stereocenters. The van der Waals surface area contributed by atoms with Gasteiger partial charge in [-0.2, -0.15) is 0 Å². The summed E-state index contributed by atoms with van der Waals surface area (Å²) in [5, 5.41) is 0. The number of rotatable bonds is 2. The highest BCUT2D eigenvalue weighted by Crippen LogP contribution is 2.24. The molecule has 0 unspecified atom stereocenters. The maximum atomic E-state index is 5.87. The van der Waals surface area contributed by atoms with Gasteiger partial charge in [0.25, 0.3) is 0 Å². The van der Waals surface area contributed by atoms with Gasteiger partial charge < -0.3 is 15.0 Å². The number of ether oxygens (including phenoxy) is 1. The smallest absolute Gasteiger partial charge is 0.0951 e. The van der Waals surface area contributed by atoms with Crippen molar-refractivity contribution < 1.29 is 4.74 Å². The Kier molecular flexibility index (Phi) is 2.84. The highest BCUT2D eigenvalue weighted by molar-refractivity contribution is 5.05. The Morgan fingerprint density at radius 1 is 1.57 bits per heavy atom. The van der Waals surface area contributed by atoms with Crippen molar-refractivity contribution in [1.82, 2.24) is 9.55 Å². The molecule has 78 valence electrons. The molecule has 0 aliphatic carbocycles. The summed E-state index contributed by atoms with van der Waals surface area (Å²) in [6.07, 6.45) is 5.88. The van der Waals surface area contributed by atoms with Gasteiger partial charge in [0.05, 0.1) is 12.0 Å². The normalized spacial score (nSPS) is 21.0. The molecule has 0 bridgehead atoms. The third-order valence-corrected chi connectivity index (χ3v) is 2.75. The van der Waals surface area contributed by atoms with Crippen LogP contribution in [0.2, 0.25) is 0 Å². The molecule has 0 radical (unpaired) electrons. The molecule has 0 spiro atoms. The monoisotopic (exact) mass is 195 g/mol. The van der Waals surface area contributed by atoms with Gasteiger partial charge in [0.1, 0.15) is 0 Å². The van der Waals surface area contributed by atoms with Crippen LogP contribution in [0.5, 0.6) is 0 Å². The SMILES string of the molecule is C[C@@H](N)c1cncn1C1CCOCC1. The minimum absolute atomic E-state index is 0.0559. The molecule has 1 aromatic rings. The Balaban J connectivity index is 2.17. The van der Waals surface area contributed by atoms with Crippen LogP contribution in [0.15, 0.2) is 12.5 Å². The average Bonchev–Trinajstić information content (AvgIpc) is 2.67. The third kappa shape index (κ3) is 1.81. The molecule has 1 saturated heterocycles. The zero-order valence-corrected chi connectivity index (χ0v) is 8.52. The molecule has 4 heteroatoms. The average molecular weight is 195 g/mol. The molecule has 0 saturated carbocycles. The predicted molar refractivity (Wildman–Crippen MR) is 53.9 cm³/mol. The number of imidazole rings is 1. The number of nitrogens with two attached hydrogens (primary N) is 1. The van der Waals surface area contributed by atoms with E-state index < -0.39 is 0 Å². The first-order valence-electron chi connectivity index (χ1n) is 5.14. The van der Waals surface area contributed by atoms with E-state index in [4.69, 9.17) is 10.5 Å². The second kappa shape index (κ2) is 4.11. The number of hydrogen-bond donors (Lipinski definition) is 1. The second-order valence-electron chi connectivity index (χ2n) is 3.86. The lowest BCUT2D eigenvalue weighted by atomic mass is 10.1. The first-order chi connectivity index (χ1) is 6.79. The van der Waals surface area contributed by atoms with Crippen LogP contribution in [-0.2, 0) is 4.74 Å². The predicted octanol–water partition coefficient (Wildman–Crippen LogP) is 1.25. The lowest BCUT2D eigenvalue weighted by molar-refractivity contribution is 0.0686. The van der Waals surface area contributed by atoms with Gasteiger partial charge in [-0.3, -0.25) is 0 Å². The van der Waals surface area contributed by atoms with Gasteiger partial charge in [0, 0.05) is 31.5 Å². The maximum absolute atomic E-state index is 5.87. The molecule has 1 aliphatic heterocycles. The van der Waals surface area contributed by atoms with E-state index in [0.717, 1.165) is 31.7 Å². The van der Waals surface area contributed by atoms with Crippen LogP contribution in [-0.4, -0.2) is 22.8 Å². The molecule has 1 aromatic heterocycles. The number of aromatic nitrogens is 2. The lowest BCUT2D eigenvalue weighted by Crippen LogP contribution is -2.22. The molecule has 1 aliphatic rings. The summed E-state index contributed by atoms with van der Waals surface area (Å²) in [5.74, 6) is 0. The van der Waals surface area contributed by atoms with Crippen molar-refractivity contribution in [2.75, 3.05) is 13.2 Å². The number of hydrogen-bond acceptors (Lipinski definition) is 3. The molecular weight excluding hydrogens is 178 g/mol. The van der Waals surface area contributed by atoms with Crippen molar-refractivity contribution in [1.29, 1.82) is 0 Å². The fraction of sp³-hybridized carbons (Fsp3) is 0.700. The quantitative estimate of drug-likeness (QED) is 0.772. The molecule has 2 heterocycles. The van der Waals surface area contributed by atoms with Crippen LogP contribution in [0, 0.1) is 0 Å². The van der Waals surface area contributed by atoms with Crippen LogP contribution in [0.25, 0.3) is 0 Å². The highest BCUT2D eigenvalue weighted by Gasteiger charge is 2.18. The second-order valence-corrected chi connectivity index (χ2v) is 3.86. The molecule has 2 N–H and O–H groups in total. The van der Waals surface area contributed by atoms with Crippen LogP contribution in [0.1, 0.15) is 37.5 Å². The molecule has 2 rings (SSSR count). The van der Waals surface area contributed by atoms with E-state index >= 15 is 0 Å². The first kappa shape index (κ1) is 9.68. The lowest BCUT2D eigenvalue weighted by Gasteiger charge is -2.25. The van der Waals surface area contributed by atoms with Gasteiger partial charge in [0.2, 0.25) is 0 Å². The molecule has 0 aromatic carbocycles. The molecule has 0 amide bonds. The van der Waals surface area contributed by atoms with E-state index in [9.17, 15) is 0 Å². The van der Waals surface area contributed by atoms with Gasteiger partial charge in [0.15, 0.2) is 0 Å². The van der Waals surface area contributed by atoms with Crippen LogP contribution < -0.4 is 5.73 Å². The van der Waals surface area contributed by atoms with Gasteiger partial charge in [-0.05, 0) is 19.8 Å². The minimum Gasteiger partial charge on any atom is -0.381 e. The van der Waals surface area contributed by atoms with E-state index in [1.807, 2.05) is 19.4 Å². The van der Waals surface area contributed by atoms with Crippen molar-refractivity contribution in [3.63, 3.8) is 0 Å². The van der Waals surface area contributed by atoms with E-state index in [0.29, 0.717) is 6.04 Å². The van der Waals surface area contributed by atoms with Crippen LogP contribution in [0.3, 0.4) is 0 Å². The van der Waals surface area contributed by atoms with Crippen LogP contribution in [0.4, 0.5) is 0 Å². The van der Waals surface area contributed by atoms with Crippen molar-refractivity contribution in [2.45, 2.75) is 31.8 Å². The summed E-state index contributed by atoms with van der Waals surface area (Å²) in [5.41, 5.74) is 7.00. The Morgan fingerprint density at radius 3 is 2.93 bits per heavy atom. The Bertz CT molecular complexity index is 289. The Hall–Kier alpha value is -0.870. The maximum Gasteiger partial charge on any atom is 0.0951 e. The highest BCUT2D eigenvalue weighted by atomic mass is 16.5. The first-order valence-corrected chi connectivity index (χ1v) is 5.14. The van der Waals surface area contributed by atoms with E-state index in [1.54, 1.807) is 0 Å². The summed E-state index contributed by atoms with van der Waals surface area (Å²) in [4.78, 5) is 4.16. The van der Waals surface area contributed by atoms with Crippen LogP contribution >= 0.6 is 0 Å². The van der Waals surface area contributed by atoms with Gasteiger partial charge in [-0.15, -0.1) is 0 Å². The van der Waals surface area contributed by atoms with Crippen molar-refractivity contribution in [2.24, 2.45) is 5.73 Å². The third-order valence-electron chi connectivity index (χ3n) is 2.75. The zero-order valence-electron chi connectivity index (χ0n) is 8.52.